The second-order valence-electron chi connectivity index (χ2n) is 3.61. The van der Waals surface area contributed by atoms with Crippen LogP contribution in [0.3, 0.4) is 0 Å². The van der Waals surface area contributed by atoms with E-state index in [1.165, 1.54) is 0 Å². The number of carbonyl (C=O) groups excluding carboxylic acids is 1. The Morgan fingerprint density at radius 3 is 3.12 bits per heavy atom. The number of nitrogens with zero attached hydrogens (tertiary/aromatic N) is 3. The lowest BCUT2D eigenvalue weighted by molar-refractivity contribution is -0.121. The molecule has 2 heterocycles. The molecule has 1 amide bonds. The zero-order chi connectivity index (χ0) is 11.5. The summed E-state index contributed by atoms with van der Waals surface area (Å²) >= 11 is 1.55. The van der Waals surface area contributed by atoms with E-state index in [2.05, 4.69) is 15.4 Å². The Morgan fingerprint density at radius 1 is 1.62 bits per heavy atom. The van der Waals surface area contributed by atoms with E-state index in [-0.39, 0.29) is 5.91 Å². The summed E-state index contributed by atoms with van der Waals surface area (Å²) in [5, 5.41) is 8.07. The zero-order valence-electron chi connectivity index (χ0n) is 9.36. The number of nitrogens with one attached hydrogen (secondary N) is 1. The third-order valence-electron chi connectivity index (χ3n) is 2.14. The van der Waals surface area contributed by atoms with E-state index in [4.69, 9.17) is 0 Å². The maximum Gasteiger partial charge on any atom is 0.220 e. The van der Waals surface area contributed by atoms with Gasteiger partial charge in [0.2, 0.25) is 10.9 Å². The van der Waals surface area contributed by atoms with Crippen LogP contribution in [0, 0.1) is 6.92 Å². The van der Waals surface area contributed by atoms with Crippen LogP contribution in [-0.4, -0.2) is 20.5 Å². The number of carbonyl (C=O) groups is 1. The van der Waals surface area contributed by atoms with Crippen molar-refractivity contribution >= 4 is 22.2 Å². The topological polar surface area (TPSA) is 59.3 Å². The number of hydrogen-bond donors (Lipinski definition) is 1. The zero-order valence-corrected chi connectivity index (χ0v) is 10.2. The molecule has 0 fully saturated rings. The van der Waals surface area contributed by atoms with Gasteiger partial charge in [-0.05, 0) is 13.3 Å². The Bertz CT molecular complexity index is 470. The van der Waals surface area contributed by atoms with Crippen LogP contribution in [0.5, 0.6) is 0 Å². The highest BCUT2D eigenvalue weighted by atomic mass is 32.1. The second-order valence-corrected chi connectivity index (χ2v) is 4.77. The lowest BCUT2D eigenvalue weighted by Crippen LogP contribution is -2.22. The van der Waals surface area contributed by atoms with Gasteiger partial charge in [-0.25, -0.2) is 9.50 Å². The SMILES string of the molecule is CCCC(=O)NCc1cn2nc(C)sc2n1. The van der Waals surface area contributed by atoms with Gasteiger partial charge in [-0.2, -0.15) is 5.10 Å². The van der Waals surface area contributed by atoms with Crippen molar-refractivity contribution in [3.63, 3.8) is 0 Å². The fourth-order valence-electron chi connectivity index (χ4n) is 1.43. The number of aryl methyl sites for hydroxylation is 1. The largest absolute Gasteiger partial charge is 0.350 e. The van der Waals surface area contributed by atoms with E-state index >= 15 is 0 Å². The Morgan fingerprint density at radius 2 is 2.44 bits per heavy atom. The van der Waals surface area contributed by atoms with Crippen molar-refractivity contribution in [1.82, 2.24) is 19.9 Å². The van der Waals surface area contributed by atoms with Crippen molar-refractivity contribution in [2.45, 2.75) is 33.2 Å². The first-order chi connectivity index (χ1) is 7.69. The molecule has 16 heavy (non-hydrogen) atoms. The molecule has 0 bridgehead atoms. The summed E-state index contributed by atoms with van der Waals surface area (Å²) in [5.41, 5.74) is 0.850. The van der Waals surface area contributed by atoms with Gasteiger partial charge in [0.15, 0.2) is 0 Å². The predicted molar refractivity (Wildman–Crippen MR) is 62.4 cm³/mol. The van der Waals surface area contributed by atoms with Crippen molar-refractivity contribution in [1.29, 1.82) is 0 Å². The van der Waals surface area contributed by atoms with Crippen LogP contribution in [0.4, 0.5) is 0 Å². The summed E-state index contributed by atoms with van der Waals surface area (Å²) in [4.78, 5) is 16.5. The highest BCUT2D eigenvalue weighted by molar-refractivity contribution is 7.16. The van der Waals surface area contributed by atoms with Gasteiger partial charge < -0.3 is 5.32 Å². The summed E-state index contributed by atoms with van der Waals surface area (Å²) in [7, 11) is 0. The lowest BCUT2D eigenvalue weighted by Gasteiger charge is -2.00. The van der Waals surface area contributed by atoms with Crippen LogP contribution in [0.15, 0.2) is 6.20 Å². The molecule has 0 spiro atoms. The minimum atomic E-state index is 0.0722. The molecule has 0 atom stereocenters. The summed E-state index contributed by atoms with van der Waals surface area (Å²) in [6.45, 7) is 4.41. The van der Waals surface area contributed by atoms with Gasteiger partial charge in [0.25, 0.3) is 0 Å². The van der Waals surface area contributed by atoms with Gasteiger partial charge in [-0.1, -0.05) is 18.3 Å². The van der Waals surface area contributed by atoms with Gasteiger partial charge >= 0.3 is 0 Å². The summed E-state index contributed by atoms with van der Waals surface area (Å²) in [5.74, 6) is 0.0722. The average Bonchev–Trinajstić information content (AvgIpc) is 2.71. The quantitative estimate of drug-likeness (QED) is 0.878. The van der Waals surface area contributed by atoms with Crippen molar-refractivity contribution in [3.8, 4) is 0 Å². The Hall–Kier alpha value is -1.43. The smallest absolute Gasteiger partial charge is 0.220 e. The van der Waals surface area contributed by atoms with E-state index in [9.17, 15) is 4.79 Å². The fourth-order valence-corrected chi connectivity index (χ4v) is 2.18. The number of imidazole rings is 1. The van der Waals surface area contributed by atoms with Gasteiger partial charge in [-0.15, -0.1) is 0 Å². The van der Waals surface area contributed by atoms with Crippen molar-refractivity contribution in [2.24, 2.45) is 0 Å². The van der Waals surface area contributed by atoms with Crippen molar-refractivity contribution in [3.05, 3.63) is 16.9 Å². The normalized spacial score (nSPS) is 10.9. The van der Waals surface area contributed by atoms with E-state index in [0.29, 0.717) is 13.0 Å². The first-order valence-electron chi connectivity index (χ1n) is 5.27. The molecule has 0 saturated carbocycles. The summed E-state index contributed by atoms with van der Waals surface area (Å²) in [6.07, 6.45) is 3.29. The van der Waals surface area contributed by atoms with Crippen LogP contribution >= 0.6 is 11.3 Å². The van der Waals surface area contributed by atoms with Gasteiger partial charge in [0, 0.05) is 6.42 Å². The van der Waals surface area contributed by atoms with Crippen LogP contribution in [0.2, 0.25) is 0 Å². The average molecular weight is 238 g/mol. The molecule has 0 aromatic carbocycles. The van der Waals surface area contributed by atoms with E-state index < -0.39 is 0 Å². The molecule has 6 heteroatoms. The number of rotatable bonds is 4. The summed E-state index contributed by atoms with van der Waals surface area (Å²) < 4.78 is 1.75. The number of amides is 1. The predicted octanol–water partition coefficient (Wildman–Crippen LogP) is 1.52. The molecular formula is C10H14N4OS. The Balaban J connectivity index is 1.99. The number of hydrogen-bond acceptors (Lipinski definition) is 4. The van der Waals surface area contributed by atoms with Gasteiger partial charge in [0.1, 0.15) is 5.01 Å². The standard InChI is InChI=1S/C10H14N4OS/c1-3-4-9(15)11-5-8-6-14-10(12-8)16-7(2)13-14/h6H,3-5H2,1-2H3,(H,11,15). The molecule has 2 aromatic heterocycles. The molecular weight excluding hydrogens is 224 g/mol. The molecule has 2 rings (SSSR count). The first-order valence-corrected chi connectivity index (χ1v) is 6.09. The maximum atomic E-state index is 11.3. The third kappa shape index (κ3) is 2.38. The molecule has 2 aromatic rings. The fraction of sp³-hybridized carbons (Fsp3) is 0.500. The minimum Gasteiger partial charge on any atom is -0.350 e. The summed E-state index contributed by atoms with van der Waals surface area (Å²) in [6, 6.07) is 0. The molecule has 0 unspecified atom stereocenters. The lowest BCUT2D eigenvalue weighted by atomic mass is 10.3. The molecule has 0 aliphatic rings. The van der Waals surface area contributed by atoms with E-state index in [1.54, 1.807) is 15.9 Å². The Labute approximate surface area is 97.5 Å². The van der Waals surface area contributed by atoms with Crippen LogP contribution in [-0.2, 0) is 11.3 Å². The van der Waals surface area contributed by atoms with Crippen LogP contribution < -0.4 is 5.32 Å². The molecule has 0 saturated heterocycles. The van der Waals surface area contributed by atoms with E-state index in [1.807, 2.05) is 20.0 Å². The minimum absolute atomic E-state index is 0.0722. The van der Waals surface area contributed by atoms with Crippen molar-refractivity contribution < 1.29 is 4.79 Å². The highest BCUT2D eigenvalue weighted by Gasteiger charge is 2.06. The molecule has 86 valence electrons. The van der Waals surface area contributed by atoms with Gasteiger partial charge in [0.05, 0.1) is 18.4 Å². The van der Waals surface area contributed by atoms with Crippen LogP contribution in [0.25, 0.3) is 4.96 Å². The third-order valence-corrected chi connectivity index (χ3v) is 2.98. The van der Waals surface area contributed by atoms with Crippen LogP contribution in [0.1, 0.15) is 30.5 Å². The first kappa shape index (κ1) is 11.1. The highest BCUT2D eigenvalue weighted by Crippen LogP contribution is 2.13. The van der Waals surface area contributed by atoms with Crippen molar-refractivity contribution in [2.75, 3.05) is 0 Å². The van der Waals surface area contributed by atoms with Gasteiger partial charge in [-0.3, -0.25) is 4.79 Å². The Kier molecular flexibility index (Phi) is 3.19. The second kappa shape index (κ2) is 4.61. The molecule has 0 aliphatic heterocycles. The maximum absolute atomic E-state index is 11.3. The number of aromatic nitrogens is 3. The number of fused-ring (bicyclic) bond motifs is 1. The van der Waals surface area contributed by atoms with E-state index in [0.717, 1.165) is 22.1 Å². The molecule has 0 aliphatic carbocycles. The monoisotopic (exact) mass is 238 g/mol. The molecule has 0 radical (unpaired) electrons. The molecule has 1 N–H and O–H groups in total. The molecule has 5 nitrogen and oxygen atoms in total.